The topological polar surface area (TPSA) is 96.4 Å². The molecule has 1 aliphatic heterocycles. The molecule has 0 fully saturated rings. The first-order chi connectivity index (χ1) is 15.1. The molecule has 0 bridgehead atoms. The van der Waals surface area contributed by atoms with Gasteiger partial charge in [0.05, 0.1) is 33.8 Å². The Morgan fingerprint density at radius 2 is 1.72 bits per heavy atom. The van der Waals surface area contributed by atoms with Crippen molar-refractivity contribution in [2.45, 2.75) is 17.6 Å². The zero-order valence-corrected chi connectivity index (χ0v) is 16.9. The zero-order valence-electron chi connectivity index (χ0n) is 16.1. The number of fused-ring (bicyclic) bond motifs is 1. The first-order valence-corrected chi connectivity index (χ1v) is 10.6. The number of carbonyl (C=O) groups excluding carboxylic acids is 2. The number of hydrogen-bond acceptors (Lipinski definition) is 5. The summed E-state index contributed by atoms with van der Waals surface area (Å²) in [5, 5.41) is 0. The molecule has 0 saturated carbocycles. The second kappa shape index (κ2) is 7.75. The molecule has 2 amide bonds. The molecule has 1 N–H and O–H groups in total. The maximum atomic E-state index is 13.0. The van der Waals surface area contributed by atoms with Crippen LogP contribution in [0.1, 0.15) is 31.8 Å². The summed E-state index contributed by atoms with van der Waals surface area (Å²) in [5.41, 5.74) is -0.923. The average molecular weight is 461 g/mol. The fourth-order valence-electron chi connectivity index (χ4n) is 3.28. The standard InChI is InChI=1S/C21H14F3N3O4S/c22-21(23,24)14-5-1-6-15(10-14)32(30,31)26-17-8-2-7-16-18(17)20(29)27(19(16)28)12-13-4-3-9-25-11-13/h1-11,26H,12H2. The summed E-state index contributed by atoms with van der Waals surface area (Å²) >= 11 is 0. The van der Waals surface area contributed by atoms with E-state index in [-0.39, 0.29) is 23.4 Å². The minimum Gasteiger partial charge on any atom is -0.279 e. The maximum absolute atomic E-state index is 13.0. The van der Waals surface area contributed by atoms with E-state index < -0.39 is 38.5 Å². The normalized spacial score (nSPS) is 13.9. The van der Waals surface area contributed by atoms with E-state index in [1.165, 1.54) is 30.6 Å². The van der Waals surface area contributed by atoms with Crippen LogP contribution in [0.2, 0.25) is 0 Å². The van der Waals surface area contributed by atoms with Gasteiger partial charge >= 0.3 is 6.18 Å². The number of sulfonamides is 1. The van der Waals surface area contributed by atoms with Crippen molar-refractivity contribution in [1.29, 1.82) is 0 Å². The van der Waals surface area contributed by atoms with Crippen LogP contribution in [0, 0.1) is 0 Å². The van der Waals surface area contributed by atoms with Crippen LogP contribution in [0.3, 0.4) is 0 Å². The Kier molecular flexibility index (Phi) is 5.21. The van der Waals surface area contributed by atoms with Crippen LogP contribution in [0.25, 0.3) is 0 Å². The van der Waals surface area contributed by atoms with Gasteiger partial charge in [0.25, 0.3) is 21.8 Å². The van der Waals surface area contributed by atoms with Gasteiger partial charge in [-0.25, -0.2) is 8.42 Å². The lowest BCUT2D eigenvalue weighted by atomic mass is 10.1. The van der Waals surface area contributed by atoms with Crippen molar-refractivity contribution in [3.63, 3.8) is 0 Å². The quantitative estimate of drug-likeness (QED) is 0.585. The summed E-state index contributed by atoms with van der Waals surface area (Å²) in [5.74, 6) is -1.34. The fourth-order valence-corrected chi connectivity index (χ4v) is 4.40. The number of anilines is 1. The van der Waals surface area contributed by atoms with Gasteiger partial charge in [0.15, 0.2) is 0 Å². The predicted molar refractivity (Wildman–Crippen MR) is 107 cm³/mol. The Balaban J connectivity index is 1.67. The molecule has 2 aromatic carbocycles. The number of imide groups is 1. The van der Waals surface area contributed by atoms with Crippen molar-refractivity contribution in [3.05, 3.63) is 89.2 Å². The highest BCUT2D eigenvalue weighted by Crippen LogP contribution is 2.33. The summed E-state index contributed by atoms with van der Waals surface area (Å²) in [6.07, 6.45) is -1.71. The zero-order chi connectivity index (χ0) is 23.1. The number of pyridine rings is 1. The molecule has 1 aliphatic rings. The summed E-state index contributed by atoms with van der Waals surface area (Å²) in [6.45, 7) is -0.0694. The molecule has 0 radical (unpaired) electrons. The van der Waals surface area contributed by atoms with Gasteiger partial charge in [-0.3, -0.25) is 24.2 Å². The van der Waals surface area contributed by atoms with Crippen molar-refractivity contribution < 1.29 is 31.2 Å². The molecule has 0 spiro atoms. The third-order valence-electron chi connectivity index (χ3n) is 4.78. The number of nitrogens with zero attached hydrogens (tertiary/aromatic N) is 2. The number of aromatic nitrogens is 1. The van der Waals surface area contributed by atoms with Crippen molar-refractivity contribution in [3.8, 4) is 0 Å². The van der Waals surface area contributed by atoms with Crippen LogP contribution in [-0.2, 0) is 22.7 Å². The molecule has 3 aromatic rings. The van der Waals surface area contributed by atoms with Gasteiger partial charge in [0, 0.05) is 12.4 Å². The minimum absolute atomic E-state index is 0.0110. The van der Waals surface area contributed by atoms with Gasteiger partial charge < -0.3 is 0 Å². The predicted octanol–water partition coefficient (Wildman–Crippen LogP) is 3.70. The molecular formula is C21H14F3N3O4S. The van der Waals surface area contributed by atoms with E-state index in [4.69, 9.17) is 0 Å². The molecule has 1 aromatic heterocycles. The number of rotatable bonds is 5. The monoisotopic (exact) mass is 461 g/mol. The van der Waals surface area contributed by atoms with Gasteiger partial charge in [0.1, 0.15) is 0 Å². The molecule has 0 atom stereocenters. The molecule has 7 nitrogen and oxygen atoms in total. The van der Waals surface area contributed by atoms with E-state index in [2.05, 4.69) is 9.71 Å². The van der Waals surface area contributed by atoms with Crippen LogP contribution >= 0.6 is 0 Å². The van der Waals surface area contributed by atoms with Crippen LogP contribution in [0.4, 0.5) is 18.9 Å². The highest BCUT2D eigenvalue weighted by atomic mass is 32.2. The second-order valence-electron chi connectivity index (χ2n) is 6.92. The Hall–Kier alpha value is -3.73. The molecule has 11 heteroatoms. The van der Waals surface area contributed by atoms with Crippen molar-refractivity contribution in [2.75, 3.05) is 4.72 Å². The number of hydrogen-bond donors (Lipinski definition) is 1. The molecule has 0 saturated heterocycles. The third-order valence-corrected chi connectivity index (χ3v) is 6.14. The van der Waals surface area contributed by atoms with E-state index in [0.717, 1.165) is 23.1 Å². The smallest absolute Gasteiger partial charge is 0.279 e. The Bertz CT molecular complexity index is 1330. The number of halogens is 3. The first kappa shape index (κ1) is 21.5. The minimum atomic E-state index is -4.73. The fraction of sp³-hybridized carbons (Fsp3) is 0.0952. The number of nitrogens with one attached hydrogen (secondary N) is 1. The summed E-state index contributed by atoms with van der Waals surface area (Å²) in [6, 6.07) is 10.5. The Morgan fingerprint density at radius 1 is 0.969 bits per heavy atom. The van der Waals surface area contributed by atoms with Crippen LogP contribution in [0.5, 0.6) is 0 Å². The van der Waals surface area contributed by atoms with Crippen molar-refractivity contribution in [1.82, 2.24) is 9.88 Å². The van der Waals surface area contributed by atoms with Gasteiger partial charge in [-0.2, -0.15) is 13.2 Å². The third kappa shape index (κ3) is 3.94. The number of benzene rings is 2. The number of alkyl halides is 3. The largest absolute Gasteiger partial charge is 0.416 e. The maximum Gasteiger partial charge on any atom is 0.416 e. The molecule has 2 heterocycles. The van der Waals surface area contributed by atoms with Crippen LogP contribution in [0.15, 0.2) is 71.9 Å². The summed E-state index contributed by atoms with van der Waals surface area (Å²) < 4.78 is 66.5. The van der Waals surface area contributed by atoms with Crippen molar-refractivity contribution in [2.24, 2.45) is 0 Å². The molecule has 4 rings (SSSR count). The van der Waals surface area contributed by atoms with Crippen LogP contribution in [-0.4, -0.2) is 30.1 Å². The number of amides is 2. The lowest BCUT2D eigenvalue weighted by molar-refractivity contribution is -0.137. The van der Waals surface area contributed by atoms with E-state index in [0.29, 0.717) is 11.6 Å². The highest BCUT2D eigenvalue weighted by molar-refractivity contribution is 7.92. The molecule has 0 aliphatic carbocycles. The van der Waals surface area contributed by atoms with Gasteiger partial charge in [0.2, 0.25) is 0 Å². The van der Waals surface area contributed by atoms with Gasteiger partial charge in [-0.15, -0.1) is 0 Å². The van der Waals surface area contributed by atoms with E-state index in [9.17, 15) is 31.2 Å². The lowest BCUT2D eigenvalue weighted by Crippen LogP contribution is -2.29. The van der Waals surface area contributed by atoms with E-state index in [1.54, 1.807) is 12.1 Å². The summed E-state index contributed by atoms with van der Waals surface area (Å²) in [4.78, 5) is 29.9. The first-order valence-electron chi connectivity index (χ1n) is 9.16. The van der Waals surface area contributed by atoms with E-state index >= 15 is 0 Å². The lowest BCUT2D eigenvalue weighted by Gasteiger charge is -2.14. The molecule has 32 heavy (non-hydrogen) atoms. The second-order valence-corrected chi connectivity index (χ2v) is 8.60. The summed E-state index contributed by atoms with van der Waals surface area (Å²) in [7, 11) is -4.48. The SMILES string of the molecule is O=C1c2cccc(NS(=O)(=O)c3cccc(C(F)(F)F)c3)c2C(=O)N1Cc1cccnc1. The van der Waals surface area contributed by atoms with Crippen molar-refractivity contribution >= 4 is 27.5 Å². The van der Waals surface area contributed by atoms with Gasteiger partial charge in [-0.05, 0) is 42.0 Å². The van der Waals surface area contributed by atoms with Crippen LogP contribution < -0.4 is 4.72 Å². The van der Waals surface area contributed by atoms with E-state index in [1.807, 2.05) is 0 Å². The Labute approximate surface area is 180 Å². The van der Waals surface area contributed by atoms with Gasteiger partial charge in [-0.1, -0.05) is 18.2 Å². The average Bonchev–Trinajstić information content (AvgIpc) is 2.99. The molecule has 0 unspecified atom stereocenters. The molecular weight excluding hydrogens is 447 g/mol. The Morgan fingerprint density at radius 3 is 2.41 bits per heavy atom. The number of carbonyl (C=O) groups is 2. The highest BCUT2D eigenvalue weighted by Gasteiger charge is 2.38. The molecule has 164 valence electrons.